The highest BCUT2D eigenvalue weighted by atomic mass is 35.5. The predicted molar refractivity (Wildman–Crippen MR) is 114 cm³/mol. The first-order chi connectivity index (χ1) is 13.8. The lowest BCUT2D eigenvalue weighted by molar-refractivity contribution is 0.100. The third-order valence-corrected chi connectivity index (χ3v) is 6.36. The molecule has 0 bridgehead atoms. The molecule has 0 spiro atoms. The molecule has 0 saturated carbocycles. The molecule has 0 aliphatic heterocycles. The Kier molecular flexibility index (Phi) is 6.02. The molecule has 0 radical (unpaired) electrons. The van der Waals surface area contributed by atoms with Gasteiger partial charge in [-0.2, -0.15) is 0 Å². The second-order valence-electron chi connectivity index (χ2n) is 5.93. The summed E-state index contributed by atoms with van der Waals surface area (Å²) in [6.45, 7) is 0. The average Bonchev–Trinajstić information content (AvgIpc) is 2.70. The van der Waals surface area contributed by atoms with Crippen molar-refractivity contribution in [3.05, 3.63) is 82.3 Å². The first-order valence-electron chi connectivity index (χ1n) is 8.29. The summed E-state index contributed by atoms with van der Waals surface area (Å²) in [7, 11) is -2.78. The van der Waals surface area contributed by atoms with Gasteiger partial charge in [0.15, 0.2) is 0 Å². The smallest absolute Gasteiger partial charge is 0.268 e. The summed E-state index contributed by atoms with van der Waals surface area (Å²) in [4.78, 5) is 11.9. The first kappa shape index (κ1) is 21.0. The summed E-state index contributed by atoms with van der Waals surface area (Å²) in [6, 6.07) is 16.4. The van der Waals surface area contributed by atoms with Crippen LogP contribution in [0.3, 0.4) is 0 Å². The van der Waals surface area contributed by atoms with Gasteiger partial charge in [-0.15, -0.1) is 0 Å². The number of nitrogens with zero attached hydrogens (tertiary/aromatic N) is 1. The number of hydrogen-bond acceptors (Lipinski definition) is 4. The Morgan fingerprint density at radius 1 is 0.966 bits per heavy atom. The van der Waals surface area contributed by atoms with Gasteiger partial charge in [0.2, 0.25) is 0 Å². The van der Waals surface area contributed by atoms with Crippen LogP contribution in [0.25, 0.3) is 0 Å². The highest BCUT2D eigenvalue weighted by Crippen LogP contribution is 2.40. The Balaban J connectivity index is 2.33. The van der Waals surface area contributed by atoms with Crippen LogP contribution in [-0.4, -0.2) is 21.4 Å². The molecule has 3 aromatic carbocycles. The summed E-state index contributed by atoms with van der Waals surface area (Å²) in [5.74, 6) is -0.423. The summed E-state index contributed by atoms with van der Waals surface area (Å²) in [5, 5.41) is 0.420. The van der Waals surface area contributed by atoms with Crippen molar-refractivity contribution in [2.75, 3.05) is 11.4 Å². The van der Waals surface area contributed by atoms with Crippen molar-refractivity contribution in [1.29, 1.82) is 0 Å². The number of ether oxygens (including phenoxy) is 1. The minimum Gasteiger partial charge on any atom is -0.497 e. The van der Waals surface area contributed by atoms with Crippen molar-refractivity contribution >= 4 is 50.5 Å². The molecule has 29 heavy (non-hydrogen) atoms. The second kappa shape index (κ2) is 8.32. The van der Waals surface area contributed by atoms with Crippen LogP contribution in [0.2, 0.25) is 10.0 Å². The molecule has 0 heterocycles. The number of anilines is 2. The maximum absolute atomic E-state index is 13.6. The number of carbonyl (C=O) groups excluding carboxylic acids is 1. The topological polar surface area (TPSA) is 89.7 Å². The van der Waals surface area contributed by atoms with E-state index >= 15 is 0 Å². The molecule has 0 fully saturated rings. The molecule has 150 valence electrons. The van der Waals surface area contributed by atoms with E-state index in [0.29, 0.717) is 10.8 Å². The van der Waals surface area contributed by atoms with Crippen molar-refractivity contribution in [1.82, 2.24) is 0 Å². The summed E-state index contributed by atoms with van der Waals surface area (Å²) >= 11 is 12.3. The van der Waals surface area contributed by atoms with Crippen molar-refractivity contribution in [3.63, 3.8) is 0 Å². The fourth-order valence-electron chi connectivity index (χ4n) is 2.76. The maximum atomic E-state index is 13.6. The molecule has 1 amide bonds. The van der Waals surface area contributed by atoms with Gasteiger partial charge >= 0.3 is 0 Å². The van der Waals surface area contributed by atoms with E-state index < -0.39 is 15.9 Å². The molecule has 6 nitrogen and oxygen atoms in total. The summed E-state index contributed by atoms with van der Waals surface area (Å²) in [6.07, 6.45) is 0. The lowest BCUT2D eigenvalue weighted by Crippen LogP contribution is -2.29. The number of primary amides is 1. The van der Waals surface area contributed by atoms with Crippen LogP contribution in [0.5, 0.6) is 5.75 Å². The van der Waals surface area contributed by atoms with Crippen molar-refractivity contribution in [2.24, 2.45) is 5.73 Å². The Hall–Kier alpha value is -2.74. The molecule has 9 heteroatoms. The number of nitrogens with two attached hydrogens (primary N) is 1. The molecular weight excluding hydrogens is 435 g/mol. The van der Waals surface area contributed by atoms with Crippen LogP contribution >= 0.6 is 23.2 Å². The van der Waals surface area contributed by atoms with E-state index in [-0.39, 0.29) is 26.9 Å². The average molecular weight is 451 g/mol. The Labute approximate surface area is 178 Å². The number of carbonyl (C=O) groups is 1. The van der Waals surface area contributed by atoms with Gasteiger partial charge in [-0.25, -0.2) is 12.7 Å². The number of rotatable bonds is 6. The van der Waals surface area contributed by atoms with Gasteiger partial charge in [0, 0.05) is 11.1 Å². The number of sulfonamides is 1. The largest absolute Gasteiger partial charge is 0.497 e. The Morgan fingerprint density at radius 3 is 2.34 bits per heavy atom. The standard InChI is InChI=1S/C20H16Cl2N2O4S/c1-28-14-5-4-6-15(12-14)29(26,27)24(19-10-9-13(21)11-17(19)22)18-8-3-2-7-16(18)20(23)25/h2-12H,1H3,(H2,23,25). The molecule has 0 aromatic heterocycles. The minimum absolute atomic E-state index is 0.0185. The zero-order valence-electron chi connectivity index (χ0n) is 15.2. The van der Waals surface area contributed by atoms with Crippen LogP contribution in [0.4, 0.5) is 11.4 Å². The zero-order valence-corrected chi connectivity index (χ0v) is 17.5. The fourth-order valence-corrected chi connectivity index (χ4v) is 4.87. The molecule has 0 saturated heterocycles. The SMILES string of the molecule is COc1cccc(S(=O)(=O)N(c2ccc(Cl)cc2Cl)c2ccccc2C(N)=O)c1. The second-order valence-corrected chi connectivity index (χ2v) is 8.56. The molecule has 2 N–H and O–H groups in total. The molecule has 0 aliphatic rings. The lowest BCUT2D eigenvalue weighted by Gasteiger charge is -2.27. The van der Waals surface area contributed by atoms with E-state index in [2.05, 4.69) is 0 Å². The predicted octanol–water partition coefficient (Wildman–Crippen LogP) is 4.63. The van der Waals surface area contributed by atoms with E-state index in [0.717, 1.165) is 4.31 Å². The Bertz CT molecular complexity index is 1180. The fraction of sp³-hybridized carbons (Fsp3) is 0.0500. The van der Waals surface area contributed by atoms with Gasteiger partial charge in [0.25, 0.3) is 15.9 Å². The highest BCUT2D eigenvalue weighted by Gasteiger charge is 2.31. The van der Waals surface area contributed by atoms with Gasteiger partial charge in [-0.3, -0.25) is 4.79 Å². The molecule has 0 atom stereocenters. The van der Waals surface area contributed by atoms with E-state index in [1.807, 2.05) is 0 Å². The number of hydrogen-bond donors (Lipinski definition) is 1. The monoisotopic (exact) mass is 450 g/mol. The number of para-hydroxylation sites is 1. The molecule has 3 aromatic rings. The van der Waals surface area contributed by atoms with Gasteiger partial charge in [-0.05, 0) is 42.5 Å². The number of halogens is 2. The lowest BCUT2D eigenvalue weighted by atomic mass is 10.1. The van der Waals surface area contributed by atoms with Crippen LogP contribution in [0.1, 0.15) is 10.4 Å². The molecule has 0 unspecified atom stereocenters. The van der Waals surface area contributed by atoms with Gasteiger partial charge in [0.05, 0.1) is 34.0 Å². The molecular formula is C20H16Cl2N2O4S. The Morgan fingerprint density at radius 2 is 1.69 bits per heavy atom. The third kappa shape index (κ3) is 4.17. The highest BCUT2D eigenvalue weighted by molar-refractivity contribution is 7.93. The van der Waals surface area contributed by atoms with Crippen molar-refractivity contribution < 1.29 is 17.9 Å². The van der Waals surface area contributed by atoms with Crippen LogP contribution in [0, 0.1) is 0 Å². The number of benzene rings is 3. The normalized spacial score (nSPS) is 11.1. The van der Waals surface area contributed by atoms with E-state index in [1.165, 1.54) is 49.6 Å². The third-order valence-electron chi connectivity index (χ3n) is 4.10. The van der Waals surface area contributed by atoms with Crippen LogP contribution in [0.15, 0.2) is 71.6 Å². The summed E-state index contributed by atoms with van der Waals surface area (Å²) in [5.41, 5.74) is 5.68. The van der Waals surface area contributed by atoms with Gasteiger partial charge in [-0.1, -0.05) is 41.4 Å². The zero-order chi connectivity index (χ0) is 21.2. The number of amides is 1. The maximum Gasteiger partial charge on any atom is 0.268 e. The first-order valence-corrected chi connectivity index (χ1v) is 10.5. The minimum atomic E-state index is -4.21. The van der Waals surface area contributed by atoms with Crippen molar-refractivity contribution in [3.8, 4) is 5.75 Å². The number of methoxy groups -OCH3 is 1. The molecule has 3 rings (SSSR count). The summed E-state index contributed by atoms with van der Waals surface area (Å²) < 4.78 is 33.4. The quantitative estimate of drug-likeness (QED) is 0.592. The van der Waals surface area contributed by atoms with E-state index in [4.69, 9.17) is 33.7 Å². The van der Waals surface area contributed by atoms with Gasteiger partial charge < -0.3 is 10.5 Å². The van der Waals surface area contributed by atoms with E-state index in [1.54, 1.807) is 24.3 Å². The van der Waals surface area contributed by atoms with Gasteiger partial charge in [0.1, 0.15) is 5.75 Å². The van der Waals surface area contributed by atoms with Crippen LogP contribution in [-0.2, 0) is 10.0 Å². The van der Waals surface area contributed by atoms with Crippen LogP contribution < -0.4 is 14.8 Å². The van der Waals surface area contributed by atoms with Crippen molar-refractivity contribution in [2.45, 2.75) is 4.90 Å². The van der Waals surface area contributed by atoms with E-state index in [9.17, 15) is 13.2 Å². The molecule has 0 aliphatic carbocycles.